The fourth-order valence-electron chi connectivity index (χ4n) is 5.05. The number of ether oxygens (including phenoxy) is 1. The monoisotopic (exact) mass is 464 g/mol. The van der Waals surface area contributed by atoms with E-state index in [9.17, 15) is 19.5 Å². The Kier molecular flexibility index (Phi) is 7.20. The van der Waals surface area contributed by atoms with Crippen LogP contribution in [-0.4, -0.2) is 41.3 Å². The molecule has 0 heterocycles. The molecule has 34 heavy (non-hydrogen) atoms. The van der Waals surface area contributed by atoms with E-state index in [-0.39, 0.29) is 24.9 Å². The Balaban J connectivity index is 1.40. The van der Waals surface area contributed by atoms with Crippen molar-refractivity contribution in [1.29, 1.82) is 0 Å². The van der Waals surface area contributed by atoms with E-state index in [4.69, 9.17) is 4.74 Å². The Bertz CT molecular complexity index is 1020. The number of fused-ring (bicyclic) bond motifs is 3. The van der Waals surface area contributed by atoms with E-state index in [1.165, 1.54) is 0 Å². The van der Waals surface area contributed by atoms with Crippen molar-refractivity contribution in [1.82, 2.24) is 10.6 Å². The van der Waals surface area contributed by atoms with Gasteiger partial charge in [0.05, 0.1) is 12.0 Å². The lowest BCUT2D eigenvalue weighted by molar-refractivity contribution is -0.140. The number of nitrogens with one attached hydrogen (secondary N) is 2. The summed E-state index contributed by atoms with van der Waals surface area (Å²) >= 11 is 0. The van der Waals surface area contributed by atoms with Gasteiger partial charge in [0, 0.05) is 5.92 Å². The Labute approximate surface area is 199 Å². The molecule has 7 nitrogen and oxygen atoms in total. The summed E-state index contributed by atoms with van der Waals surface area (Å²) in [5.74, 6) is -1.34. The zero-order valence-corrected chi connectivity index (χ0v) is 19.5. The maximum Gasteiger partial charge on any atom is 0.407 e. The first-order valence-electron chi connectivity index (χ1n) is 12.1. The van der Waals surface area contributed by atoms with Crippen molar-refractivity contribution in [2.45, 2.75) is 69.4 Å². The van der Waals surface area contributed by atoms with Crippen LogP contribution in [0, 0.1) is 0 Å². The normalized spacial score (nSPS) is 16.5. The first-order chi connectivity index (χ1) is 16.4. The molecule has 0 unspecified atom stereocenters. The van der Waals surface area contributed by atoms with Gasteiger partial charge in [0.25, 0.3) is 0 Å². The van der Waals surface area contributed by atoms with Crippen LogP contribution in [0.5, 0.6) is 0 Å². The highest BCUT2D eigenvalue weighted by molar-refractivity contribution is 5.87. The lowest BCUT2D eigenvalue weighted by atomic mass is 9.74. The summed E-state index contributed by atoms with van der Waals surface area (Å²) in [6.07, 6.45) is 3.50. The molecule has 1 saturated carbocycles. The SMILES string of the molecule is CCCC[C@H](NC(=O)OCC1c2ccccc2-c2ccccc21)C(=O)NC1(CC(=O)O)CCC1. The second kappa shape index (κ2) is 10.3. The number of benzene rings is 2. The lowest BCUT2D eigenvalue weighted by Gasteiger charge is -2.42. The van der Waals surface area contributed by atoms with Crippen LogP contribution in [0.3, 0.4) is 0 Å². The molecule has 4 rings (SSSR count). The molecule has 0 spiro atoms. The summed E-state index contributed by atoms with van der Waals surface area (Å²) in [6.45, 7) is 2.19. The quantitative estimate of drug-likeness (QED) is 0.477. The summed E-state index contributed by atoms with van der Waals surface area (Å²) in [4.78, 5) is 37.0. The molecule has 2 aliphatic rings. The Morgan fingerprint density at radius 3 is 2.21 bits per heavy atom. The number of rotatable bonds is 10. The van der Waals surface area contributed by atoms with Crippen LogP contribution in [0.2, 0.25) is 0 Å². The maximum atomic E-state index is 13.0. The highest BCUT2D eigenvalue weighted by atomic mass is 16.5. The molecule has 0 aliphatic heterocycles. The minimum absolute atomic E-state index is 0.0603. The van der Waals surface area contributed by atoms with Crippen LogP contribution >= 0.6 is 0 Å². The van der Waals surface area contributed by atoms with Crippen molar-refractivity contribution in [3.05, 3.63) is 59.7 Å². The molecule has 2 aliphatic carbocycles. The molecule has 0 radical (unpaired) electrons. The van der Waals surface area contributed by atoms with Gasteiger partial charge in [-0.2, -0.15) is 0 Å². The van der Waals surface area contributed by atoms with Crippen LogP contribution < -0.4 is 10.6 Å². The standard InChI is InChI=1S/C27H32N2O5/c1-2-3-13-23(25(32)29-27(14-8-15-27)16-24(30)31)28-26(33)34-17-22-20-11-6-4-9-18(20)19-10-5-7-12-21(19)22/h4-7,9-12,22-23H,2-3,8,13-17H2,1H3,(H,28,33)(H,29,32)(H,30,31)/t23-/m0/s1. The number of hydrogen-bond acceptors (Lipinski definition) is 4. The van der Waals surface area contributed by atoms with Crippen molar-refractivity contribution in [3.8, 4) is 11.1 Å². The second-order valence-corrected chi connectivity index (χ2v) is 9.36. The number of alkyl carbamates (subject to hydrolysis) is 1. The van der Waals surface area contributed by atoms with Crippen molar-refractivity contribution in [3.63, 3.8) is 0 Å². The highest BCUT2D eigenvalue weighted by Gasteiger charge is 2.41. The van der Waals surface area contributed by atoms with Crippen LogP contribution in [-0.2, 0) is 14.3 Å². The predicted molar refractivity (Wildman–Crippen MR) is 128 cm³/mol. The molecule has 0 aromatic heterocycles. The molecular weight excluding hydrogens is 432 g/mol. The number of aliphatic carboxylic acids is 1. The first-order valence-corrected chi connectivity index (χ1v) is 12.1. The zero-order valence-electron chi connectivity index (χ0n) is 19.5. The van der Waals surface area contributed by atoms with E-state index in [2.05, 4.69) is 34.9 Å². The number of carboxylic acids is 1. The van der Waals surface area contributed by atoms with E-state index in [1.807, 2.05) is 31.2 Å². The molecule has 0 saturated heterocycles. The van der Waals surface area contributed by atoms with Crippen LogP contribution in [0.25, 0.3) is 11.1 Å². The van der Waals surface area contributed by atoms with E-state index in [1.54, 1.807) is 0 Å². The van der Waals surface area contributed by atoms with Gasteiger partial charge in [-0.05, 0) is 47.9 Å². The topological polar surface area (TPSA) is 105 Å². The Hall–Kier alpha value is -3.35. The highest BCUT2D eigenvalue weighted by Crippen LogP contribution is 2.44. The molecule has 2 amide bonds. The molecule has 2 aromatic rings. The fourth-order valence-corrected chi connectivity index (χ4v) is 5.05. The Morgan fingerprint density at radius 2 is 1.68 bits per heavy atom. The molecule has 3 N–H and O–H groups in total. The number of carbonyl (C=O) groups excluding carboxylic acids is 2. The minimum atomic E-state index is -0.936. The van der Waals surface area contributed by atoms with Gasteiger partial charge in [0.15, 0.2) is 0 Å². The number of unbranched alkanes of at least 4 members (excludes halogenated alkanes) is 1. The van der Waals surface area contributed by atoms with Crippen LogP contribution in [0.4, 0.5) is 4.79 Å². The maximum absolute atomic E-state index is 13.0. The number of hydrogen-bond donors (Lipinski definition) is 3. The van der Waals surface area contributed by atoms with Crippen molar-refractivity contribution < 1.29 is 24.2 Å². The minimum Gasteiger partial charge on any atom is -0.481 e. The van der Waals surface area contributed by atoms with Gasteiger partial charge in [-0.25, -0.2) is 4.79 Å². The van der Waals surface area contributed by atoms with E-state index in [0.29, 0.717) is 19.3 Å². The average molecular weight is 465 g/mol. The molecule has 0 bridgehead atoms. The third kappa shape index (κ3) is 5.08. The summed E-state index contributed by atoms with van der Waals surface area (Å²) in [5, 5.41) is 14.9. The summed E-state index contributed by atoms with van der Waals surface area (Å²) in [6, 6.07) is 15.5. The van der Waals surface area contributed by atoms with Gasteiger partial charge in [0.1, 0.15) is 12.6 Å². The van der Waals surface area contributed by atoms with Crippen LogP contribution in [0.1, 0.15) is 68.9 Å². The number of carboxylic acid groups (broad SMARTS) is 1. The van der Waals surface area contributed by atoms with Gasteiger partial charge >= 0.3 is 12.1 Å². The Morgan fingerprint density at radius 1 is 1.06 bits per heavy atom. The summed E-state index contributed by atoms with van der Waals surface area (Å²) < 4.78 is 5.61. The van der Waals surface area contributed by atoms with E-state index < -0.39 is 23.6 Å². The van der Waals surface area contributed by atoms with Crippen molar-refractivity contribution in [2.24, 2.45) is 0 Å². The third-order valence-corrected chi connectivity index (χ3v) is 6.99. The van der Waals surface area contributed by atoms with Gasteiger partial charge in [0.2, 0.25) is 5.91 Å². The predicted octanol–water partition coefficient (Wildman–Crippen LogP) is 4.60. The molecule has 180 valence electrons. The van der Waals surface area contributed by atoms with Crippen molar-refractivity contribution >= 4 is 18.0 Å². The summed E-state index contributed by atoms with van der Waals surface area (Å²) in [7, 11) is 0. The number of carbonyl (C=O) groups is 3. The van der Waals surface area contributed by atoms with Gasteiger partial charge in [-0.1, -0.05) is 68.3 Å². The zero-order chi connectivity index (χ0) is 24.1. The third-order valence-electron chi connectivity index (χ3n) is 6.99. The van der Waals surface area contributed by atoms with Gasteiger partial charge < -0.3 is 20.5 Å². The second-order valence-electron chi connectivity index (χ2n) is 9.36. The molecular formula is C27H32N2O5. The molecule has 2 aromatic carbocycles. The van der Waals surface area contributed by atoms with Crippen molar-refractivity contribution in [2.75, 3.05) is 6.61 Å². The average Bonchev–Trinajstić information content (AvgIpc) is 3.12. The number of amides is 2. The fraction of sp³-hybridized carbons (Fsp3) is 0.444. The van der Waals surface area contributed by atoms with E-state index >= 15 is 0 Å². The smallest absolute Gasteiger partial charge is 0.407 e. The van der Waals surface area contributed by atoms with Crippen LogP contribution in [0.15, 0.2) is 48.5 Å². The molecule has 1 fully saturated rings. The van der Waals surface area contributed by atoms with Gasteiger partial charge in [-0.3, -0.25) is 9.59 Å². The first kappa shape index (κ1) is 23.8. The molecule has 7 heteroatoms. The van der Waals surface area contributed by atoms with E-state index in [0.717, 1.165) is 41.5 Å². The summed E-state index contributed by atoms with van der Waals surface area (Å²) in [5.41, 5.74) is 3.83. The lowest BCUT2D eigenvalue weighted by Crippen LogP contribution is -2.59. The van der Waals surface area contributed by atoms with Gasteiger partial charge in [-0.15, -0.1) is 0 Å². The largest absolute Gasteiger partial charge is 0.481 e. The molecule has 1 atom stereocenters.